The topological polar surface area (TPSA) is 32.5 Å². The van der Waals surface area contributed by atoms with Gasteiger partial charge >= 0.3 is 0 Å². The van der Waals surface area contributed by atoms with Crippen LogP contribution in [0.4, 0.5) is 15.8 Å². The van der Waals surface area contributed by atoms with Crippen LogP contribution in [0, 0.1) is 5.82 Å². The van der Waals surface area contributed by atoms with Crippen molar-refractivity contribution >= 4 is 11.4 Å². The molecule has 17 heavy (non-hydrogen) atoms. The minimum atomic E-state index is -0.255. The molecule has 1 aliphatic heterocycles. The Bertz CT molecular complexity index is 364. The molecular weight excluding hydrogens is 217 g/mol. The summed E-state index contributed by atoms with van der Waals surface area (Å²) in [6.07, 6.45) is 2.23. The third kappa shape index (κ3) is 2.88. The molecule has 94 valence electrons. The van der Waals surface area contributed by atoms with E-state index in [-0.39, 0.29) is 5.82 Å². The highest BCUT2D eigenvalue weighted by Crippen LogP contribution is 2.24. The van der Waals surface area contributed by atoms with Crippen LogP contribution in [0.1, 0.15) is 12.8 Å². The monoisotopic (exact) mass is 237 g/mol. The van der Waals surface area contributed by atoms with Gasteiger partial charge in [-0.1, -0.05) is 0 Å². The number of anilines is 2. The Balaban J connectivity index is 2.05. The van der Waals surface area contributed by atoms with E-state index >= 15 is 0 Å². The first-order valence-electron chi connectivity index (χ1n) is 6.03. The van der Waals surface area contributed by atoms with Crippen LogP contribution >= 0.6 is 0 Å². The summed E-state index contributed by atoms with van der Waals surface area (Å²) in [6, 6.07) is 5.40. The molecule has 3 nitrogen and oxygen atoms in total. The predicted molar refractivity (Wildman–Crippen MR) is 69.7 cm³/mol. The third-order valence-electron chi connectivity index (χ3n) is 3.46. The molecule has 0 bridgehead atoms. The van der Waals surface area contributed by atoms with Crippen LogP contribution < -0.4 is 10.6 Å². The van der Waals surface area contributed by atoms with Crippen molar-refractivity contribution in [1.82, 2.24) is 4.90 Å². The normalized spacial score (nSPS) is 17.8. The zero-order chi connectivity index (χ0) is 12.4. The molecule has 1 aromatic carbocycles. The predicted octanol–water partition coefficient (Wildman–Crippen LogP) is 1.94. The molecule has 0 unspecified atom stereocenters. The average Bonchev–Trinajstić information content (AvgIpc) is 2.28. The van der Waals surface area contributed by atoms with Crippen LogP contribution in [0.25, 0.3) is 0 Å². The Morgan fingerprint density at radius 2 is 1.88 bits per heavy atom. The maximum atomic E-state index is 13.3. The number of nitrogens with two attached hydrogens (primary N) is 1. The lowest BCUT2D eigenvalue weighted by molar-refractivity contribution is 0.249. The number of halogens is 1. The van der Waals surface area contributed by atoms with Gasteiger partial charge in [0.1, 0.15) is 5.82 Å². The molecule has 1 saturated heterocycles. The molecule has 1 fully saturated rings. The Morgan fingerprint density at radius 3 is 2.41 bits per heavy atom. The molecule has 0 amide bonds. The van der Waals surface area contributed by atoms with Crippen molar-refractivity contribution in [3.05, 3.63) is 24.0 Å². The van der Waals surface area contributed by atoms with Crippen molar-refractivity contribution in [2.75, 3.05) is 37.8 Å². The summed E-state index contributed by atoms with van der Waals surface area (Å²) in [5.41, 5.74) is 7.06. The van der Waals surface area contributed by atoms with Gasteiger partial charge in [-0.25, -0.2) is 4.39 Å². The molecule has 0 aromatic heterocycles. The highest BCUT2D eigenvalue weighted by atomic mass is 19.1. The van der Waals surface area contributed by atoms with Gasteiger partial charge in [-0.2, -0.15) is 0 Å². The largest absolute Gasteiger partial charge is 0.399 e. The second-order valence-electron chi connectivity index (χ2n) is 4.92. The maximum Gasteiger partial charge on any atom is 0.127 e. The molecule has 0 saturated carbocycles. The van der Waals surface area contributed by atoms with E-state index in [1.165, 1.54) is 6.07 Å². The lowest BCUT2D eigenvalue weighted by Crippen LogP contribution is -2.42. The molecule has 0 spiro atoms. The van der Waals surface area contributed by atoms with Crippen LogP contribution in [0.15, 0.2) is 18.2 Å². The number of piperidine rings is 1. The van der Waals surface area contributed by atoms with Crippen LogP contribution in [0.2, 0.25) is 0 Å². The van der Waals surface area contributed by atoms with E-state index in [2.05, 4.69) is 23.9 Å². The Labute approximate surface area is 102 Å². The van der Waals surface area contributed by atoms with Gasteiger partial charge in [0, 0.05) is 30.5 Å². The van der Waals surface area contributed by atoms with Crippen LogP contribution in [0.3, 0.4) is 0 Å². The highest BCUT2D eigenvalue weighted by Gasteiger charge is 2.21. The zero-order valence-electron chi connectivity index (χ0n) is 10.5. The lowest BCUT2D eigenvalue weighted by Gasteiger charge is -2.36. The number of nitrogens with zero attached hydrogens (tertiary/aromatic N) is 2. The lowest BCUT2D eigenvalue weighted by atomic mass is 10.0. The maximum absolute atomic E-state index is 13.3. The average molecular weight is 237 g/mol. The van der Waals surface area contributed by atoms with Gasteiger partial charge in [0.2, 0.25) is 0 Å². The van der Waals surface area contributed by atoms with E-state index in [0.717, 1.165) is 31.6 Å². The summed E-state index contributed by atoms with van der Waals surface area (Å²) in [5.74, 6) is -0.255. The van der Waals surface area contributed by atoms with E-state index in [0.29, 0.717) is 11.7 Å². The molecule has 0 atom stereocenters. The summed E-state index contributed by atoms with van der Waals surface area (Å²) >= 11 is 0. The number of hydrogen-bond donors (Lipinski definition) is 1. The van der Waals surface area contributed by atoms with Gasteiger partial charge in [0.15, 0.2) is 0 Å². The second-order valence-corrected chi connectivity index (χ2v) is 4.92. The van der Waals surface area contributed by atoms with E-state index in [1.807, 2.05) is 6.07 Å². The van der Waals surface area contributed by atoms with Gasteiger partial charge in [0.25, 0.3) is 0 Å². The third-order valence-corrected chi connectivity index (χ3v) is 3.46. The summed E-state index contributed by atoms with van der Waals surface area (Å²) < 4.78 is 13.3. The van der Waals surface area contributed by atoms with Crippen molar-refractivity contribution in [3.8, 4) is 0 Å². The van der Waals surface area contributed by atoms with Crippen molar-refractivity contribution in [3.63, 3.8) is 0 Å². The Kier molecular flexibility index (Phi) is 3.52. The number of hydrogen-bond acceptors (Lipinski definition) is 3. The molecular formula is C13H20FN3. The van der Waals surface area contributed by atoms with Crippen molar-refractivity contribution in [2.24, 2.45) is 0 Å². The first kappa shape index (κ1) is 12.2. The first-order chi connectivity index (χ1) is 8.06. The van der Waals surface area contributed by atoms with Gasteiger partial charge in [-0.15, -0.1) is 0 Å². The molecule has 1 aliphatic rings. The molecule has 1 heterocycles. The fraction of sp³-hybridized carbons (Fsp3) is 0.538. The zero-order valence-corrected chi connectivity index (χ0v) is 10.5. The van der Waals surface area contributed by atoms with Gasteiger partial charge in [-0.3, -0.25) is 0 Å². The van der Waals surface area contributed by atoms with Gasteiger partial charge < -0.3 is 15.5 Å². The van der Waals surface area contributed by atoms with Gasteiger partial charge in [0.05, 0.1) is 0 Å². The summed E-state index contributed by atoms with van der Waals surface area (Å²) in [6.45, 7) is 1.93. The smallest absolute Gasteiger partial charge is 0.127 e. The molecule has 4 heteroatoms. The van der Waals surface area contributed by atoms with E-state index in [4.69, 9.17) is 5.73 Å². The minimum absolute atomic E-state index is 0.255. The number of benzene rings is 1. The van der Waals surface area contributed by atoms with E-state index < -0.39 is 0 Å². The van der Waals surface area contributed by atoms with E-state index in [1.54, 1.807) is 6.07 Å². The number of rotatable bonds is 2. The first-order valence-corrected chi connectivity index (χ1v) is 6.03. The van der Waals surface area contributed by atoms with E-state index in [9.17, 15) is 4.39 Å². The summed E-state index contributed by atoms with van der Waals surface area (Å²) in [5, 5.41) is 0. The number of nitrogen functional groups attached to an aromatic ring is 1. The fourth-order valence-corrected chi connectivity index (χ4v) is 2.42. The van der Waals surface area contributed by atoms with Crippen LogP contribution in [-0.4, -0.2) is 38.1 Å². The fourth-order valence-electron chi connectivity index (χ4n) is 2.42. The quantitative estimate of drug-likeness (QED) is 0.798. The summed E-state index contributed by atoms with van der Waals surface area (Å²) in [7, 11) is 4.22. The summed E-state index contributed by atoms with van der Waals surface area (Å²) in [4.78, 5) is 4.47. The molecule has 1 aromatic rings. The Hall–Kier alpha value is -1.29. The molecule has 0 radical (unpaired) electrons. The van der Waals surface area contributed by atoms with Crippen LogP contribution in [-0.2, 0) is 0 Å². The SMILES string of the molecule is CN(C)C1CCN(c2cc(N)cc(F)c2)CC1. The van der Waals surface area contributed by atoms with Crippen LogP contribution in [0.5, 0.6) is 0 Å². The van der Waals surface area contributed by atoms with Gasteiger partial charge in [-0.05, 0) is 45.1 Å². The second kappa shape index (κ2) is 4.92. The molecule has 2 N–H and O–H groups in total. The Morgan fingerprint density at radius 1 is 1.24 bits per heavy atom. The highest BCUT2D eigenvalue weighted by molar-refractivity contribution is 5.56. The molecule has 0 aliphatic carbocycles. The van der Waals surface area contributed by atoms with Crippen molar-refractivity contribution < 1.29 is 4.39 Å². The van der Waals surface area contributed by atoms with Crippen molar-refractivity contribution in [2.45, 2.75) is 18.9 Å². The minimum Gasteiger partial charge on any atom is -0.399 e. The molecule has 2 rings (SSSR count). The van der Waals surface area contributed by atoms with Crippen molar-refractivity contribution in [1.29, 1.82) is 0 Å². The standard InChI is InChI=1S/C13H20FN3/c1-16(2)12-3-5-17(6-4-12)13-8-10(14)7-11(15)9-13/h7-9,12H,3-6,15H2,1-2H3.